The molecule has 1 aromatic rings. The normalized spacial score (nSPS) is 12.0. The van der Waals surface area contributed by atoms with Crippen molar-refractivity contribution in [2.75, 3.05) is 13.7 Å². The highest BCUT2D eigenvalue weighted by molar-refractivity contribution is 5.01. The minimum absolute atomic E-state index is 0.00390. The third kappa shape index (κ3) is 3.94. The van der Waals surface area contributed by atoms with Gasteiger partial charge < -0.3 is 10.1 Å². The van der Waals surface area contributed by atoms with Crippen LogP contribution in [0.15, 0.2) is 12.3 Å². The van der Waals surface area contributed by atoms with E-state index in [1.54, 1.807) is 7.11 Å². The van der Waals surface area contributed by atoms with E-state index < -0.39 is 0 Å². The second-order valence-electron chi connectivity index (χ2n) is 4.72. The first-order valence-corrected chi connectivity index (χ1v) is 5.83. The van der Waals surface area contributed by atoms with Crippen molar-refractivity contribution in [3.63, 3.8) is 0 Å². The number of aromatic nitrogens is 2. The van der Waals surface area contributed by atoms with Gasteiger partial charge in [0.15, 0.2) is 0 Å². The standard InChI is InChI=1S/C12H23N3O/c1-5-8-15-11(6-7-14-15)9-13-12(2,3)10-16-4/h6-7,13H,5,8-10H2,1-4H3. The number of methoxy groups -OCH3 is 1. The van der Waals surface area contributed by atoms with Crippen molar-refractivity contribution in [2.45, 2.75) is 45.8 Å². The van der Waals surface area contributed by atoms with Gasteiger partial charge in [-0.1, -0.05) is 6.92 Å². The van der Waals surface area contributed by atoms with E-state index in [-0.39, 0.29) is 5.54 Å². The quantitative estimate of drug-likeness (QED) is 0.769. The van der Waals surface area contributed by atoms with Crippen LogP contribution in [0.4, 0.5) is 0 Å². The minimum atomic E-state index is -0.00390. The number of hydrogen-bond acceptors (Lipinski definition) is 3. The molecule has 0 spiro atoms. The maximum atomic E-state index is 5.17. The van der Waals surface area contributed by atoms with Crippen LogP contribution < -0.4 is 5.32 Å². The number of aryl methyl sites for hydroxylation is 1. The minimum Gasteiger partial charge on any atom is -0.383 e. The lowest BCUT2D eigenvalue weighted by molar-refractivity contribution is 0.127. The zero-order valence-electron chi connectivity index (χ0n) is 10.8. The zero-order chi connectivity index (χ0) is 12.0. The molecular weight excluding hydrogens is 202 g/mol. The molecule has 0 aliphatic rings. The zero-order valence-corrected chi connectivity index (χ0v) is 10.8. The van der Waals surface area contributed by atoms with Gasteiger partial charge in [-0.05, 0) is 26.3 Å². The van der Waals surface area contributed by atoms with Gasteiger partial charge in [0, 0.05) is 31.9 Å². The van der Waals surface area contributed by atoms with Crippen LogP contribution in [0.3, 0.4) is 0 Å². The average Bonchev–Trinajstić information content (AvgIpc) is 2.63. The van der Waals surface area contributed by atoms with Gasteiger partial charge in [0.1, 0.15) is 0 Å². The second-order valence-corrected chi connectivity index (χ2v) is 4.72. The highest BCUT2D eigenvalue weighted by Gasteiger charge is 2.17. The molecule has 0 saturated heterocycles. The topological polar surface area (TPSA) is 39.1 Å². The van der Waals surface area contributed by atoms with Gasteiger partial charge in [-0.25, -0.2) is 0 Å². The van der Waals surface area contributed by atoms with Crippen LogP contribution in [0.1, 0.15) is 32.9 Å². The molecule has 0 amide bonds. The average molecular weight is 225 g/mol. The summed E-state index contributed by atoms with van der Waals surface area (Å²) in [6.07, 6.45) is 2.96. The highest BCUT2D eigenvalue weighted by atomic mass is 16.5. The third-order valence-corrected chi connectivity index (χ3v) is 2.49. The predicted molar refractivity (Wildman–Crippen MR) is 65.3 cm³/mol. The van der Waals surface area contributed by atoms with Crippen LogP contribution in [-0.2, 0) is 17.8 Å². The Bertz CT molecular complexity index is 307. The summed E-state index contributed by atoms with van der Waals surface area (Å²) in [5.41, 5.74) is 1.22. The fourth-order valence-electron chi connectivity index (χ4n) is 1.67. The first-order chi connectivity index (χ1) is 7.59. The second kappa shape index (κ2) is 6.01. The number of rotatable bonds is 7. The first kappa shape index (κ1) is 13.2. The van der Waals surface area contributed by atoms with Gasteiger partial charge in [-0.3, -0.25) is 4.68 Å². The molecule has 0 saturated carbocycles. The lowest BCUT2D eigenvalue weighted by Crippen LogP contribution is -2.43. The van der Waals surface area contributed by atoms with Crippen LogP contribution in [0.5, 0.6) is 0 Å². The summed E-state index contributed by atoms with van der Waals surface area (Å²) in [6, 6.07) is 2.06. The number of ether oxygens (including phenoxy) is 1. The fourth-order valence-corrected chi connectivity index (χ4v) is 1.67. The lowest BCUT2D eigenvalue weighted by atomic mass is 10.1. The monoisotopic (exact) mass is 225 g/mol. The predicted octanol–water partition coefficient (Wildman–Crippen LogP) is 1.81. The fraction of sp³-hybridized carbons (Fsp3) is 0.750. The Morgan fingerprint density at radius 1 is 1.50 bits per heavy atom. The highest BCUT2D eigenvalue weighted by Crippen LogP contribution is 2.06. The third-order valence-electron chi connectivity index (χ3n) is 2.49. The molecule has 1 rings (SSSR count). The van der Waals surface area contributed by atoms with Crippen molar-refractivity contribution in [1.29, 1.82) is 0 Å². The van der Waals surface area contributed by atoms with E-state index in [2.05, 4.69) is 41.9 Å². The van der Waals surface area contributed by atoms with Gasteiger partial charge >= 0.3 is 0 Å². The summed E-state index contributed by atoms with van der Waals surface area (Å²) in [5.74, 6) is 0. The molecule has 0 bridgehead atoms. The number of hydrogen-bond donors (Lipinski definition) is 1. The van der Waals surface area contributed by atoms with E-state index >= 15 is 0 Å². The molecule has 4 heteroatoms. The summed E-state index contributed by atoms with van der Waals surface area (Å²) >= 11 is 0. The van der Waals surface area contributed by atoms with E-state index in [0.29, 0.717) is 6.61 Å². The van der Waals surface area contributed by atoms with Crippen molar-refractivity contribution < 1.29 is 4.74 Å². The largest absolute Gasteiger partial charge is 0.383 e. The van der Waals surface area contributed by atoms with Crippen LogP contribution in [0.25, 0.3) is 0 Å². The molecule has 0 radical (unpaired) electrons. The van der Waals surface area contributed by atoms with E-state index in [1.807, 2.05) is 6.20 Å². The Labute approximate surface area is 98.0 Å². The summed E-state index contributed by atoms with van der Waals surface area (Å²) in [6.45, 7) is 8.95. The SMILES string of the molecule is CCCn1nccc1CNC(C)(C)COC. The van der Waals surface area contributed by atoms with Gasteiger partial charge in [0.05, 0.1) is 12.3 Å². The van der Waals surface area contributed by atoms with E-state index in [9.17, 15) is 0 Å². The summed E-state index contributed by atoms with van der Waals surface area (Å²) in [5, 5.41) is 7.77. The Balaban J connectivity index is 2.50. The van der Waals surface area contributed by atoms with Gasteiger partial charge in [-0.2, -0.15) is 5.10 Å². The maximum Gasteiger partial charge on any atom is 0.0639 e. The van der Waals surface area contributed by atoms with Crippen molar-refractivity contribution in [3.8, 4) is 0 Å². The molecule has 1 N–H and O–H groups in total. The Morgan fingerprint density at radius 3 is 2.88 bits per heavy atom. The van der Waals surface area contributed by atoms with Gasteiger partial charge in [0.25, 0.3) is 0 Å². The van der Waals surface area contributed by atoms with Crippen molar-refractivity contribution in [2.24, 2.45) is 0 Å². The first-order valence-electron chi connectivity index (χ1n) is 5.83. The summed E-state index contributed by atoms with van der Waals surface area (Å²) in [7, 11) is 1.73. The maximum absolute atomic E-state index is 5.17. The van der Waals surface area contributed by atoms with Crippen LogP contribution in [0, 0.1) is 0 Å². The molecule has 1 aromatic heterocycles. The molecule has 0 aromatic carbocycles. The lowest BCUT2D eigenvalue weighted by Gasteiger charge is -2.25. The van der Waals surface area contributed by atoms with E-state index in [0.717, 1.165) is 19.5 Å². The van der Waals surface area contributed by atoms with E-state index in [4.69, 9.17) is 4.74 Å². The van der Waals surface area contributed by atoms with E-state index in [1.165, 1.54) is 5.69 Å². The molecule has 0 aliphatic carbocycles. The molecule has 16 heavy (non-hydrogen) atoms. The van der Waals surface area contributed by atoms with Crippen LogP contribution in [-0.4, -0.2) is 29.0 Å². The van der Waals surface area contributed by atoms with Crippen LogP contribution in [0.2, 0.25) is 0 Å². The smallest absolute Gasteiger partial charge is 0.0639 e. The molecule has 0 aliphatic heterocycles. The summed E-state index contributed by atoms with van der Waals surface area (Å²) < 4.78 is 7.22. The van der Waals surface area contributed by atoms with Crippen LogP contribution >= 0.6 is 0 Å². The molecule has 92 valence electrons. The van der Waals surface area contributed by atoms with Crippen molar-refractivity contribution >= 4 is 0 Å². The summed E-state index contributed by atoms with van der Waals surface area (Å²) in [4.78, 5) is 0. The van der Waals surface area contributed by atoms with Gasteiger partial charge in [0.2, 0.25) is 0 Å². The Hall–Kier alpha value is -0.870. The molecule has 4 nitrogen and oxygen atoms in total. The molecule has 1 heterocycles. The van der Waals surface area contributed by atoms with Crippen molar-refractivity contribution in [3.05, 3.63) is 18.0 Å². The number of nitrogens with one attached hydrogen (secondary N) is 1. The molecule has 0 unspecified atom stereocenters. The molecule has 0 atom stereocenters. The van der Waals surface area contributed by atoms with Gasteiger partial charge in [-0.15, -0.1) is 0 Å². The molecular formula is C12H23N3O. The molecule has 0 fully saturated rings. The number of nitrogens with zero attached hydrogens (tertiary/aromatic N) is 2. The Morgan fingerprint density at radius 2 is 2.25 bits per heavy atom. The Kier molecular flexibility index (Phi) is 4.96. The van der Waals surface area contributed by atoms with Crippen molar-refractivity contribution in [1.82, 2.24) is 15.1 Å².